The Hall–Kier alpha value is -2.48. The second kappa shape index (κ2) is 5.02. The van der Waals surface area contributed by atoms with Crippen molar-refractivity contribution in [2.75, 3.05) is 14.2 Å². The maximum Gasteiger partial charge on any atom is 0.224 e. The highest BCUT2D eigenvalue weighted by atomic mass is 16.5. The zero-order chi connectivity index (χ0) is 14.0. The van der Waals surface area contributed by atoms with Gasteiger partial charge in [0.1, 0.15) is 6.04 Å². The van der Waals surface area contributed by atoms with Crippen LogP contribution in [0.15, 0.2) is 18.3 Å². The Morgan fingerprint density at radius 2 is 1.95 bits per heavy atom. The van der Waals surface area contributed by atoms with E-state index in [4.69, 9.17) is 9.47 Å². The minimum absolute atomic E-state index is 0.178. The van der Waals surface area contributed by atoms with Gasteiger partial charge in [0.05, 0.1) is 20.3 Å². The van der Waals surface area contributed by atoms with Gasteiger partial charge in [0.25, 0.3) is 0 Å². The molecular formula is C14H14N2O3. The lowest BCUT2D eigenvalue weighted by molar-refractivity contribution is -0.127. The number of hydrogen-bond donors (Lipinski definition) is 0. The number of hydrogen-bond acceptors (Lipinski definition) is 4. The van der Waals surface area contributed by atoms with Crippen LogP contribution in [0.2, 0.25) is 0 Å². The molecule has 0 N–H and O–H groups in total. The number of methoxy groups -OCH3 is 2. The Bertz CT molecular complexity index is 587. The Labute approximate surface area is 111 Å². The van der Waals surface area contributed by atoms with Crippen LogP contribution in [0.4, 0.5) is 0 Å². The van der Waals surface area contributed by atoms with E-state index in [1.807, 2.05) is 0 Å². The van der Waals surface area contributed by atoms with Crippen molar-refractivity contribution in [1.82, 2.24) is 4.90 Å². The van der Waals surface area contributed by atoms with Gasteiger partial charge in [-0.2, -0.15) is 5.26 Å². The largest absolute Gasteiger partial charge is 0.493 e. The zero-order valence-electron chi connectivity index (χ0n) is 11.0. The number of ether oxygens (including phenoxy) is 2. The molecule has 0 spiro atoms. The zero-order valence-corrected chi connectivity index (χ0v) is 11.0. The summed E-state index contributed by atoms with van der Waals surface area (Å²) in [6.45, 7) is 1.43. The highest BCUT2D eigenvalue weighted by Gasteiger charge is 2.27. The Kier molecular flexibility index (Phi) is 3.43. The molecule has 1 amide bonds. The Morgan fingerprint density at radius 1 is 1.32 bits per heavy atom. The van der Waals surface area contributed by atoms with Gasteiger partial charge in [0.2, 0.25) is 5.91 Å². The quantitative estimate of drug-likeness (QED) is 0.815. The summed E-state index contributed by atoms with van der Waals surface area (Å²) in [5.74, 6) is 0.961. The van der Waals surface area contributed by atoms with Gasteiger partial charge in [-0.05, 0) is 23.8 Å². The maximum atomic E-state index is 11.5. The number of rotatable bonds is 2. The van der Waals surface area contributed by atoms with Crippen molar-refractivity contribution in [2.24, 2.45) is 0 Å². The van der Waals surface area contributed by atoms with E-state index in [2.05, 4.69) is 6.07 Å². The Morgan fingerprint density at radius 3 is 2.47 bits per heavy atom. The summed E-state index contributed by atoms with van der Waals surface area (Å²) >= 11 is 0. The molecule has 0 bridgehead atoms. The molecule has 0 saturated heterocycles. The molecule has 1 aromatic rings. The van der Waals surface area contributed by atoms with Crippen LogP contribution in [0.1, 0.15) is 24.1 Å². The van der Waals surface area contributed by atoms with Gasteiger partial charge in [-0.3, -0.25) is 9.69 Å². The van der Waals surface area contributed by atoms with E-state index in [1.54, 1.807) is 31.5 Å². The van der Waals surface area contributed by atoms with Crippen molar-refractivity contribution in [2.45, 2.75) is 13.0 Å². The summed E-state index contributed by atoms with van der Waals surface area (Å²) in [6, 6.07) is 5.03. The molecule has 98 valence electrons. The van der Waals surface area contributed by atoms with Crippen LogP contribution in [-0.2, 0) is 4.79 Å². The highest BCUT2D eigenvalue weighted by Crippen LogP contribution is 2.38. The first-order valence-corrected chi connectivity index (χ1v) is 5.75. The minimum Gasteiger partial charge on any atom is -0.493 e. The smallest absolute Gasteiger partial charge is 0.224 e. The first kappa shape index (κ1) is 13.0. The molecule has 0 saturated carbocycles. The number of nitriles is 1. The third-order valence-electron chi connectivity index (χ3n) is 3.06. The van der Waals surface area contributed by atoms with Crippen molar-refractivity contribution >= 4 is 12.0 Å². The Balaban J connectivity index is 2.58. The average Bonchev–Trinajstić information content (AvgIpc) is 2.43. The third-order valence-corrected chi connectivity index (χ3v) is 3.06. The van der Waals surface area contributed by atoms with E-state index in [9.17, 15) is 10.1 Å². The molecule has 5 nitrogen and oxygen atoms in total. The monoisotopic (exact) mass is 258 g/mol. The van der Waals surface area contributed by atoms with Crippen molar-refractivity contribution < 1.29 is 14.3 Å². The number of nitrogens with zero attached hydrogens (tertiary/aromatic N) is 2. The topological polar surface area (TPSA) is 62.6 Å². The van der Waals surface area contributed by atoms with E-state index in [0.717, 1.165) is 11.1 Å². The molecule has 0 aromatic heterocycles. The summed E-state index contributed by atoms with van der Waals surface area (Å²) in [7, 11) is 3.09. The van der Waals surface area contributed by atoms with Crippen LogP contribution < -0.4 is 9.47 Å². The van der Waals surface area contributed by atoms with Crippen LogP contribution in [-0.4, -0.2) is 25.0 Å². The summed E-state index contributed by atoms with van der Waals surface area (Å²) in [6.07, 6.45) is 3.40. The van der Waals surface area contributed by atoms with Crippen molar-refractivity contribution in [3.05, 3.63) is 29.5 Å². The van der Waals surface area contributed by atoms with Gasteiger partial charge in [-0.1, -0.05) is 0 Å². The fourth-order valence-electron chi connectivity index (χ4n) is 2.11. The molecular weight excluding hydrogens is 244 g/mol. The standard InChI is InChI=1S/C14H14N2O3/c1-9(17)16-5-4-10-6-13(18-2)14(19-3)7-11(10)12(16)8-15/h4-7,12H,1-3H3. The van der Waals surface area contributed by atoms with E-state index in [1.165, 1.54) is 18.9 Å². The molecule has 0 aliphatic carbocycles. The van der Waals surface area contributed by atoms with Gasteiger partial charge >= 0.3 is 0 Å². The average molecular weight is 258 g/mol. The predicted octanol–water partition coefficient (Wildman–Crippen LogP) is 2.10. The molecule has 1 unspecified atom stereocenters. The fourth-order valence-corrected chi connectivity index (χ4v) is 2.11. The summed E-state index contributed by atoms with van der Waals surface area (Å²) in [5, 5.41) is 9.30. The molecule has 1 aromatic carbocycles. The van der Waals surface area contributed by atoms with Crippen LogP contribution in [0.25, 0.3) is 6.08 Å². The molecule has 0 radical (unpaired) electrons. The van der Waals surface area contributed by atoms with Crippen LogP contribution in [0.3, 0.4) is 0 Å². The van der Waals surface area contributed by atoms with E-state index >= 15 is 0 Å². The van der Waals surface area contributed by atoms with Gasteiger partial charge in [0.15, 0.2) is 11.5 Å². The van der Waals surface area contributed by atoms with Crippen LogP contribution in [0.5, 0.6) is 11.5 Å². The minimum atomic E-state index is -0.641. The van der Waals surface area contributed by atoms with Gasteiger partial charge in [-0.15, -0.1) is 0 Å². The molecule has 5 heteroatoms. The maximum absolute atomic E-state index is 11.5. The molecule has 2 rings (SSSR count). The van der Waals surface area contributed by atoms with Gasteiger partial charge in [0, 0.05) is 18.7 Å². The van der Waals surface area contributed by atoms with Gasteiger partial charge in [-0.25, -0.2) is 0 Å². The predicted molar refractivity (Wildman–Crippen MR) is 69.5 cm³/mol. The third kappa shape index (κ3) is 2.13. The first-order valence-electron chi connectivity index (χ1n) is 5.75. The number of carbonyl (C=O) groups excluding carboxylic acids is 1. The second-order valence-electron chi connectivity index (χ2n) is 4.11. The highest BCUT2D eigenvalue weighted by molar-refractivity contribution is 5.79. The number of fused-ring (bicyclic) bond motifs is 1. The molecule has 1 atom stereocenters. The first-order chi connectivity index (χ1) is 9.12. The van der Waals surface area contributed by atoms with Crippen molar-refractivity contribution in [1.29, 1.82) is 5.26 Å². The summed E-state index contributed by atoms with van der Waals surface area (Å²) < 4.78 is 10.5. The fraction of sp³-hybridized carbons (Fsp3) is 0.286. The molecule has 1 heterocycles. The van der Waals surface area contributed by atoms with Crippen molar-refractivity contribution in [3.63, 3.8) is 0 Å². The van der Waals surface area contributed by atoms with Crippen LogP contribution >= 0.6 is 0 Å². The molecule has 0 fully saturated rings. The summed E-state index contributed by atoms with van der Waals surface area (Å²) in [5.41, 5.74) is 1.58. The number of benzene rings is 1. The van der Waals surface area contributed by atoms with Gasteiger partial charge < -0.3 is 9.47 Å². The lowest BCUT2D eigenvalue weighted by atomic mass is 9.96. The lowest BCUT2D eigenvalue weighted by Gasteiger charge is -2.28. The number of carbonyl (C=O) groups is 1. The van der Waals surface area contributed by atoms with Crippen LogP contribution in [0, 0.1) is 11.3 Å². The van der Waals surface area contributed by atoms with E-state index in [0.29, 0.717) is 11.5 Å². The normalized spacial score (nSPS) is 16.5. The SMILES string of the molecule is COc1cc2c(cc1OC)C(C#N)N(C(C)=O)C=C2. The summed E-state index contributed by atoms with van der Waals surface area (Å²) in [4.78, 5) is 12.9. The van der Waals surface area contributed by atoms with Crippen molar-refractivity contribution in [3.8, 4) is 17.6 Å². The molecule has 1 aliphatic rings. The number of amides is 1. The van der Waals surface area contributed by atoms with E-state index < -0.39 is 6.04 Å². The molecule has 19 heavy (non-hydrogen) atoms. The second-order valence-corrected chi connectivity index (χ2v) is 4.11. The molecule has 1 aliphatic heterocycles. The van der Waals surface area contributed by atoms with E-state index in [-0.39, 0.29) is 5.91 Å². The lowest BCUT2D eigenvalue weighted by Crippen LogP contribution is -2.29.